The van der Waals surface area contributed by atoms with Crippen LogP contribution >= 0.6 is 12.2 Å². The fourth-order valence-electron chi connectivity index (χ4n) is 1.12. The minimum atomic E-state index is -0.272. The summed E-state index contributed by atoms with van der Waals surface area (Å²) >= 11 is 4.88. The SMILES string of the molecule is CCN(CCC(N)=O)CC(C)C(N)=S. The first-order valence-corrected chi connectivity index (χ1v) is 5.18. The van der Waals surface area contributed by atoms with Gasteiger partial charge in [0.05, 0.1) is 4.99 Å². The van der Waals surface area contributed by atoms with Gasteiger partial charge in [0.15, 0.2) is 0 Å². The van der Waals surface area contributed by atoms with Crippen LogP contribution in [0.5, 0.6) is 0 Å². The molecule has 0 saturated heterocycles. The molecule has 0 aliphatic carbocycles. The Hall–Kier alpha value is -0.680. The minimum Gasteiger partial charge on any atom is -0.393 e. The molecule has 1 amide bonds. The Morgan fingerprint density at radius 2 is 2.07 bits per heavy atom. The monoisotopic (exact) mass is 217 g/mol. The molecule has 0 aromatic rings. The van der Waals surface area contributed by atoms with E-state index in [1.807, 2.05) is 13.8 Å². The van der Waals surface area contributed by atoms with Crippen LogP contribution in [0.3, 0.4) is 0 Å². The summed E-state index contributed by atoms with van der Waals surface area (Å²) in [5.74, 6) is -0.0933. The molecule has 0 aliphatic rings. The van der Waals surface area contributed by atoms with Crippen LogP contribution < -0.4 is 11.5 Å². The second-order valence-corrected chi connectivity index (χ2v) is 3.88. The third-order valence-electron chi connectivity index (χ3n) is 2.14. The summed E-state index contributed by atoms with van der Waals surface area (Å²) in [5.41, 5.74) is 10.6. The summed E-state index contributed by atoms with van der Waals surface area (Å²) in [6.07, 6.45) is 0.387. The lowest BCUT2D eigenvalue weighted by Crippen LogP contribution is -2.35. The summed E-state index contributed by atoms with van der Waals surface area (Å²) < 4.78 is 0. The van der Waals surface area contributed by atoms with Crippen LogP contribution in [-0.4, -0.2) is 35.4 Å². The van der Waals surface area contributed by atoms with E-state index in [0.717, 1.165) is 13.1 Å². The van der Waals surface area contributed by atoms with Gasteiger partial charge >= 0.3 is 0 Å². The van der Waals surface area contributed by atoms with Gasteiger partial charge in [-0.2, -0.15) is 0 Å². The molecule has 0 bridgehead atoms. The van der Waals surface area contributed by atoms with Crippen molar-refractivity contribution in [2.24, 2.45) is 17.4 Å². The summed E-state index contributed by atoms with van der Waals surface area (Å²) in [7, 11) is 0. The zero-order valence-corrected chi connectivity index (χ0v) is 9.64. The summed E-state index contributed by atoms with van der Waals surface area (Å²) in [4.78, 5) is 13.2. The van der Waals surface area contributed by atoms with E-state index in [4.69, 9.17) is 23.7 Å². The fraction of sp³-hybridized carbons (Fsp3) is 0.778. The first kappa shape index (κ1) is 13.3. The Morgan fingerprint density at radius 1 is 1.50 bits per heavy atom. The average Bonchev–Trinajstić information content (AvgIpc) is 2.11. The van der Waals surface area contributed by atoms with Crippen molar-refractivity contribution < 1.29 is 4.79 Å². The lowest BCUT2D eigenvalue weighted by atomic mass is 10.1. The Morgan fingerprint density at radius 3 is 2.43 bits per heavy atom. The molecular weight excluding hydrogens is 198 g/mol. The third kappa shape index (κ3) is 5.88. The van der Waals surface area contributed by atoms with Gasteiger partial charge in [-0.1, -0.05) is 26.1 Å². The van der Waals surface area contributed by atoms with Gasteiger partial charge in [0.2, 0.25) is 5.91 Å². The molecule has 0 aliphatic heterocycles. The van der Waals surface area contributed by atoms with Gasteiger partial charge < -0.3 is 16.4 Å². The molecule has 0 heterocycles. The third-order valence-corrected chi connectivity index (χ3v) is 2.54. The van der Waals surface area contributed by atoms with Gasteiger partial charge in [0.1, 0.15) is 0 Å². The molecular formula is C9H19N3OS. The number of carbonyl (C=O) groups excluding carboxylic acids is 1. The van der Waals surface area contributed by atoms with Crippen LogP contribution in [0, 0.1) is 5.92 Å². The van der Waals surface area contributed by atoms with Crippen LogP contribution in [-0.2, 0) is 4.79 Å². The molecule has 0 radical (unpaired) electrons. The molecule has 14 heavy (non-hydrogen) atoms. The van der Waals surface area contributed by atoms with E-state index >= 15 is 0 Å². The van der Waals surface area contributed by atoms with Crippen molar-refractivity contribution in [3.63, 3.8) is 0 Å². The summed E-state index contributed by atoms with van der Waals surface area (Å²) in [6.45, 7) is 6.36. The van der Waals surface area contributed by atoms with Crippen LogP contribution in [0.1, 0.15) is 20.3 Å². The number of carbonyl (C=O) groups is 1. The van der Waals surface area contributed by atoms with Gasteiger partial charge in [-0.05, 0) is 6.54 Å². The van der Waals surface area contributed by atoms with Crippen molar-refractivity contribution in [1.82, 2.24) is 4.90 Å². The van der Waals surface area contributed by atoms with Gasteiger partial charge in [0, 0.05) is 25.4 Å². The number of primary amides is 1. The van der Waals surface area contributed by atoms with Crippen molar-refractivity contribution in [3.8, 4) is 0 Å². The van der Waals surface area contributed by atoms with Gasteiger partial charge in [-0.25, -0.2) is 0 Å². The maximum atomic E-state index is 10.6. The number of nitrogens with zero attached hydrogens (tertiary/aromatic N) is 1. The molecule has 1 unspecified atom stereocenters. The minimum absolute atomic E-state index is 0.179. The number of hydrogen-bond acceptors (Lipinski definition) is 3. The lowest BCUT2D eigenvalue weighted by Gasteiger charge is -2.22. The van der Waals surface area contributed by atoms with Crippen LogP contribution in [0.25, 0.3) is 0 Å². The number of thiocarbonyl (C=S) groups is 1. The molecule has 5 heteroatoms. The first-order chi connectivity index (χ1) is 6.47. The molecule has 4 N–H and O–H groups in total. The number of rotatable bonds is 7. The molecule has 0 saturated carbocycles. The molecule has 0 fully saturated rings. The molecule has 0 aromatic heterocycles. The quantitative estimate of drug-likeness (QED) is 0.594. The van der Waals surface area contributed by atoms with Gasteiger partial charge in [0.25, 0.3) is 0 Å². The van der Waals surface area contributed by atoms with E-state index in [2.05, 4.69) is 4.90 Å². The van der Waals surface area contributed by atoms with Crippen LogP contribution in [0.15, 0.2) is 0 Å². The Kier molecular flexibility index (Phi) is 6.40. The number of nitrogens with two attached hydrogens (primary N) is 2. The maximum absolute atomic E-state index is 10.6. The van der Waals surface area contributed by atoms with E-state index in [1.165, 1.54) is 0 Å². The zero-order chi connectivity index (χ0) is 11.1. The van der Waals surface area contributed by atoms with Crippen molar-refractivity contribution in [3.05, 3.63) is 0 Å². The predicted octanol–water partition coefficient (Wildman–Crippen LogP) is 0.106. The Balaban J connectivity index is 3.90. The van der Waals surface area contributed by atoms with Crippen molar-refractivity contribution in [2.75, 3.05) is 19.6 Å². The number of hydrogen-bond donors (Lipinski definition) is 2. The van der Waals surface area contributed by atoms with Crippen molar-refractivity contribution >= 4 is 23.1 Å². The highest BCUT2D eigenvalue weighted by Crippen LogP contribution is 2.01. The van der Waals surface area contributed by atoms with E-state index in [0.29, 0.717) is 18.0 Å². The molecule has 82 valence electrons. The lowest BCUT2D eigenvalue weighted by molar-refractivity contribution is -0.118. The Bertz CT molecular complexity index is 208. The molecule has 0 rings (SSSR count). The molecule has 4 nitrogen and oxygen atoms in total. The maximum Gasteiger partial charge on any atom is 0.218 e. The summed E-state index contributed by atoms with van der Waals surface area (Å²) in [5, 5.41) is 0. The highest BCUT2D eigenvalue weighted by Gasteiger charge is 2.11. The normalized spacial score (nSPS) is 12.8. The van der Waals surface area contributed by atoms with Crippen molar-refractivity contribution in [1.29, 1.82) is 0 Å². The summed E-state index contributed by atoms with van der Waals surface area (Å²) in [6, 6.07) is 0. The second-order valence-electron chi connectivity index (χ2n) is 3.41. The molecule has 0 spiro atoms. The van der Waals surface area contributed by atoms with E-state index in [1.54, 1.807) is 0 Å². The van der Waals surface area contributed by atoms with Crippen LogP contribution in [0.4, 0.5) is 0 Å². The second kappa shape index (κ2) is 6.73. The van der Waals surface area contributed by atoms with E-state index < -0.39 is 0 Å². The van der Waals surface area contributed by atoms with Gasteiger partial charge in [-0.3, -0.25) is 4.79 Å². The zero-order valence-electron chi connectivity index (χ0n) is 8.82. The smallest absolute Gasteiger partial charge is 0.218 e. The molecule has 1 atom stereocenters. The topological polar surface area (TPSA) is 72.3 Å². The van der Waals surface area contributed by atoms with E-state index in [9.17, 15) is 4.79 Å². The average molecular weight is 217 g/mol. The standard InChI is InChI=1S/C9H19N3OS/c1-3-12(5-4-8(10)13)6-7(2)9(11)14/h7H,3-6H2,1-2H3,(H2,10,13)(H2,11,14). The fourth-order valence-corrected chi connectivity index (χ4v) is 1.20. The largest absolute Gasteiger partial charge is 0.393 e. The highest BCUT2D eigenvalue weighted by atomic mass is 32.1. The van der Waals surface area contributed by atoms with E-state index in [-0.39, 0.29) is 11.8 Å². The molecule has 0 aromatic carbocycles. The van der Waals surface area contributed by atoms with Gasteiger partial charge in [-0.15, -0.1) is 0 Å². The highest BCUT2D eigenvalue weighted by molar-refractivity contribution is 7.80. The number of amides is 1. The Labute approximate surface area is 90.6 Å². The van der Waals surface area contributed by atoms with Crippen LogP contribution in [0.2, 0.25) is 0 Å². The van der Waals surface area contributed by atoms with Crippen molar-refractivity contribution in [2.45, 2.75) is 20.3 Å². The predicted molar refractivity (Wildman–Crippen MR) is 61.9 cm³/mol. The first-order valence-electron chi connectivity index (χ1n) is 4.77.